The van der Waals surface area contributed by atoms with Gasteiger partial charge in [0.2, 0.25) is 0 Å². The molecule has 0 radical (unpaired) electrons. The Morgan fingerprint density at radius 2 is 2.29 bits per heavy atom. The van der Waals surface area contributed by atoms with E-state index in [1.807, 2.05) is 19.1 Å². The molecule has 1 rings (SSSR count). The fraction of sp³-hybridized carbons (Fsp3) is 0.250. The lowest BCUT2D eigenvalue weighted by Crippen LogP contribution is -1.96. The van der Waals surface area contributed by atoms with E-state index in [4.69, 9.17) is 4.74 Å². The molecule has 0 heterocycles. The molecule has 0 unspecified atom stereocenters. The van der Waals surface area contributed by atoms with Crippen LogP contribution in [0.3, 0.4) is 0 Å². The lowest BCUT2D eigenvalue weighted by Gasteiger charge is -2.06. The Bertz CT molecular complexity index is 329. The first-order chi connectivity index (χ1) is 6.77. The molecule has 1 aromatic carbocycles. The maximum absolute atomic E-state index is 10.5. The highest BCUT2D eigenvalue weighted by molar-refractivity contribution is 5.77. The minimum absolute atomic E-state index is 0.628. The third-order valence-corrected chi connectivity index (χ3v) is 1.96. The molecule has 0 amide bonds. The van der Waals surface area contributed by atoms with Crippen molar-refractivity contribution in [3.8, 4) is 5.75 Å². The smallest absolute Gasteiger partial charge is 0.150 e. The SMILES string of the molecule is C=CCCOc1ccc(C=O)c(C)c1. The molecule has 0 aromatic heterocycles. The highest BCUT2D eigenvalue weighted by atomic mass is 16.5. The highest BCUT2D eigenvalue weighted by Crippen LogP contribution is 2.16. The number of rotatable bonds is 5. The van der Waals surface area contributed by atoms with Crippen LogP contribution in [0, 0.1) is 6.92 Å². The van der Waals surface area contributed by atoms with Gasteiger partial charge in [0, 0.05) is 5.56 Å². The molecular weight excluding hydrogens is 176 g/mol. The van der Waals surface area contributed by atoms with Crippen LogP contribution in [0.4, 0.5) is 0 Å². The summed E-state index contributed by atoms with van der Waals surface area (Å²) in [5.74, 6) is 0.801. The van der Waals surface area contributed by atoms with E-state index in [2.05, 4.69) is 6.58 Å². The van der Waals surface area contributed by atoms with Crippen LogP contribution in [0.2, 0.25) is 0 Å². The highest BCUT2D eigenvalue weighted by Gasteiger charge is 1.98. The number of hydrogen-bond donors (Lipinski definition) is 0. The molecule has 0 fully saturated rings. The van der Waals surface area contributed by atoms with Crippen LogP contribution < -0.4 is 4.74 Å². The van der Waals surface area contributed by atoms with Crippen molar-refractivity contribution in [1.82, 2.24) is 0 Å². The van der Waals surface area contributed by atoms with Crippen LogP contribution in [-0.4, -0.2) is 12.9 Å². The first-order valence-electron chi connectivity index (χ1n) is 4.57. The molecule has 0 aliphatic rings. The molecule has 1 aromatic rings. The first-order valence-corrected chi connectivity index (χ1v) is 4.57. The lowest BCUT2D eigenvalue weighted by molar-refractivity contribution is 0.112. The molecule has 2 heteroatoms. The molecule has 0 saturated heterocycles. The molecule has 0 aliphatic heterocycles. The molecular formula is C12H14O2. The van der Waals surface area contributed by atoms with Gasteiger partial charge in [0.1, 0.15) is 12.0 Å². The second kappa shape index (κ2) is 5.22. The summed E-state index contributed by atoms with van der Waals surface area (Å²) < 4.78 is 5.44. The predicted molar refractivity (Wildman–Crippen MR) is 56.9 cm³/mol. The minimum Gasteiger partial charge on any atom is -0.493 e. The summed E-state index contributed by atoms with van der Waals surface area (Å²) >= 11 is 0. The third-order valence-electron chi connectivity index (χ3n) is 1.96. The lowest BCUT2D eigenvalue weighted by atomic mass is 10.1. The zero-order valence-corrected chi connectivity index (χ0v) is 8.32. The largest absolute Gasteiger partial charge is 0.493 e. The van der Waals surface area contributed by atoms with Crippen LogP contribution in [-0.2, 0) is 0 Å². The Labute approximate surface area is 84.2 Å². The number of hydrogen-bond acceptors (Lipinski definition) is 2. The van der Waals surface area contributed by atoms with Crippen molar-refractivity contribution in [2.45, 2.75) is 13.3 Å². The van der Waals surface area contributed by atoms with E-state index in [1.165, 1.54) is 0 Å². The van der Waals surface area contributed by atoms with Gasteiger partial charge in [-0.15, -0.1) is 6.58 Å². The van der Waals surface area contributed by atoms with Gasteiger partial charge < -0.3 is 4.74 Å². The normalized spacial score (nSPS) is 9.50. The fourth-order valence-corrected chi connectivity index (χ4v) is 1.13. The summed E-state index contributed by atoms with van der Waals surface area (Å²) in [6.45, 7) is 6.13. The Kier molecular flexibility index (Phi) is 3.92. The number of carbonyl (C=O) groups is 1. The van der Waals surface area contributed by atoms with Crippen LogP contribution in [0.1, 0.15) is 22.3 Å². The monoisotopic (exact) mass is 190 g/mol. The van der Waals surface area contributed by atoms with Crippen LogP contribution in [0.15, 0.2) is 30.9 Å². The second-order valence-corrected chi connectivity index (χ2v) is 3.06. The number of benzene rings is 1. The zero-order chi connectivity index (χ0) is 10.4. The Balaban J connectivity index is 2.66. The number of aryl methyl sites for hydroxylation is 1. The maximum atomic E-state index is 10.5. The number of ether oxygens (including phenoxy) is 1. The molecule has 74 valence electrons. The van der Waals surface area contributed by atoms with Crippen molar-refractivity contribution in [3.05, 3.63) is 42.0 Å². The summed E-state index contributed by atoms with van der Waals surface area (Å²) in [4.78, 5) is 10.5. The third kappa shape index (κ3) is 2.73. The standard InChI is InChI=1S/C12H14O2/c1-3-4-7-14-12-6-5-11(9-13)10(2)8-12/h3,5-6,8-9H,1,4,7H2,2H3. The Morgan fingerprint density at radius 3 is 2.86 bits per heavy atom. The van der Waals surface area contributed by atoms with Crippen LogP contribution >= 0.6 is 0 Å². The molecule has 0 aliphatic carbocycles. The van der Waals surface area contributed by atoms with Gasteiger partial charge in [-0.05, 0) is 37.1 Å². The van der Waals surface area contributed by atoms with Crippen LogP contribution in [0.25, 0.3) is 0 Å². The molecule has 2 nitrogen and oxygen atoms in total. The van der Waals surface area contributed by atoms with E-state index in [1.54, 1.807) is 12.1 Å². The van der Waals surface area contributed by atoms with Crippen molar-refractivity contribution in [1.29, 1.82) is 0 Å². The average Bonchev–Trinajstić information content (AvgIpc) is 2.18. The molecule has 0 N–H and O–H groups in total. The zero-order valence-electron chi connectivity index (χ0n) is 8.32. The quantitative estimate of drug-likeness (QED) is 0.405. The van der Waals surface area contributed by atoms with Crippen molar-refractivity contribution >= 4 is 6.29 Å². The molecule has 0 atom stereocenters. The molecule has 14 heavy (non-hydrogen) atoms. The van der Waals surface area contributed by atoms with Crippen molar-refractivity contribution in [2.75, 3.05) is 6.61 Å². The summed E-state index contributed by atoms with van der Waals surface area (Å²) in [7, 11) is 0. The first kappa shape index (κ1) is 10.5. The topological polar surface area (TPSA) is 26.3 Å². The summed E-state index contributed by atoms with van der Waals surface area (Å²) in [5, 5.41) is 0. The van der Waals surface area contributed by atoms with E-state index in [0.29, 0.717) is 12.2 Å². The molecule has 0 bridgehead atoms. The van der Waals surface area contributed by atoms with Gasteiger partial charge in [-0.2, -0.15) is 0 Å². The van der Waals surface area contributed by atoms with Gasteiger partial charge in [-0.25, -0.2) is 0 Å². The maximum Gasteiger partial charge on any atom is 0.150 e. The summed E-state index contributed by atoms with van der Waals surface area (Å²) in [5.41, 5.74) is 1.65. The van der Waals surface area contributed by atoms with E-state index in [9.17, 15) is 4.79 Å². The minimum atomic E-state index is 0.628. The van der Waals surface area contributed by atoms with Crippen molar-refractivity contribution < 1.29 is 9.53 Å². The van der Waals surface area contributed by atoms with Gasteiger partial charge in [-0.1, -0.05) is 6.08 Å². The number of aldehydes is 1. The fourth-order valence-electron chi connectivity index (χ4n) is 1.13. The van der Waals surface area contributed by atoms with Gasteiger partial charge >= 0.3 is 0 Å². The van der Waals surface area contributed by atoms with E-state index in [0.717, 1.165) is 24.0 Å². The van der Waals surface area contributed by atoms with Gasteiger partial charge in [-0.3, -0.25) is 4.79 Å². The van der Waals surface area contributed by atoms with Gasteiger partial charge in [0.25, 0.3) is 0 Å². The van der Waals surface area contributed by atoms with Crippen molar-refractivity contribution in [2.24, 2.45) is 0 Å². The average molecular weight is 190 g/mol. The molecule has 0 saturated carbocycles. The second-order valence-electron chi connectivity index (χ2n) is 3.06. The van der Waals surface area contributed by atoms with Crippen molar-refractivity contribution in [3.63, 3.8) is 0 Å². The summed E-state index contributed by atoms with van der Waals surface area (Å²) in [6.07, 6.45) is 3.49. The van der Waals surface area contributed by atoms with E-state index in [-0.39, 0.29) is 0 Å². The predicted octanol–water partition coefficient (Wildman–Crippen LogP) is 2.76. The van der Waals surface area contributed by atoms with Gasteiger partial charge in [0.15, 0.2) is 0 Å². The number of carbonyl (C=O) groups excluding carboxylic acids is 1. The van der Waals surface area contributed by atoms with Crippen LogP contribution in [0.5, 0.6) is 5.75 Å². The van der Waals surface area contributed by atoms with Gasteiger partial charge in [0.05, 0.1) is 6.61 Å². The Morgan fingerprint density at radius 1 is 1.50 bits per heavy atom. The van der Waals surface area contributed by atoms with E-state index >= 15 is 0 Å². The Hall–Kier alpha value is -1.57. The van der Waals surface area contributed by atoms with E-state index < -0.39 is 0 Å². The summed E-state index contributed by atoms with van der Waals surface area (Å²) in [6, 6.07) is 5.44. The molecule has 0 spiro atoms.